The molecule has 1 aliphatic rings. The molecule has 0 saturated carbocycles. The topological polar surface area (TPSA) is 43.4 Å². The number of nitrogens with zero attached hydrogens (tertiary/aromatic N) is 3. The number of hydrogen-bond acceptors (Lipinski definition) is 4. The Hall–Kier alpha value is -2.09. The molecule has 0 amide bonds. The van der Waals surface area contributed by atoms with Gasteiger partial charge in [0.25, 0.3) is 0 Å². The molecule has 3 rings (SSSR count). The second kappa shape index (κ2) is 6.57. The second-order valence-corrected chi connectivity index (χ2v) is 5.40. The van der Waals surface area contributed by atoms with Gasteiger partial charge in [0.15, 0.2) is 0 Å². The maximum Gasteiger partial charge on any atom is 0.117 e. The van der Waals surface area contributed by atoms with Crippen molar-refractivity contribution in [2.75, 3.05) is 26.2 Å². The smallest absolute Gasteiger partial charge is 0.117 e. The Labute approximate surface area is 125 Å². The predicted octanol–water partition coefficient (Wildman–Crippen LogP) is 2.47. The maximum absolute atomic E-state index is 9.15. The summed E-state index contributed by atoms with van der Waals surface area (Å²) in [5.74, 6) is 1.03. The molecule has 1 aromatic heterocycles. The molecule has 0 atom stereocenters. The highest BCUT2D eigenvalue weighted by Gasteiger charge is 2.18. The van der Waals surface area contributed by atoms with E-state index in [-0.39, 0.29) is 0 Å². The first-order valence-corrected chi connectivity index (χ1v) is 7.30. The summed E-state index contributed by atoms with van der Waals surface area (Å²) in [5.41, 5.74) is 1.91. The lowest BCUT2D eigenvalue weighted by molar-refractivity contribution is 0.116. The van der Waals surface area contributed by atoms with Gasteiger partial charge in [0.1, 0.15) is 5.76 Å². The minimum absolute atomic E-state index is 0.788. The van der Waals surface area contributed by atoms with E-state index < -0.39 is 0 Å². The van der Waals surface area contributed by atoms with Gasteiger partial charge in [-0.25, -0.2) is 0 Å². The molecule has 108 valence electrons. The molecule has 0 spiro atoms. The van der Waals surface area contributed by atoms with Crippen molar-refractivity contribution in [1.82, 2.24) is 9.80 Å². The molecule has 1 saturated heterocycles. The summed E-state index contributed by atoms with van der Waals surface area (Å²) in [7, 11) is 0. The lowest BCUT2D eigenvalue weighted by Gasteiger charge is -2.34. The fourth-order valence-electron chi connectivity index (χ4n) is 2.74. The van der Waals surface area contributed by atoms with Crippen molar-refractivity contribution in [3.8, 4) is 6.07 Å². The molecule has 0 unspecified atom stereocenters. The molecule has 0 radical (unpaired) electrons. The molecule has 0 bridgehead atoms. The van der Waals surface area contributed by atoms with Gasteiger partial charge in [-0.15, -0.1) is 0 Å². The molecule has 1 aliphatic heterocycles. The van der Waals surface area contributed by atoms with E-state index in [1.165, 1.54) is 0 Å². The molecular weight excluding hydrogens is 262 g/mol. The normalized spacial score (nSPS) is 16.7. The van der Waals surface area contributed by atoms with Gasteiger partial charge in [-0.1, -0.05) is 18.2 Å². The molecule has 1 aromatic carbocycles. The minimum Gasteiger partial charge on any atom is -0.468 e. The lowest BCUT2D eigenvalue weighted by Crippen LogP contribution is -2.45. The van der Waals surface area contributed by atoms with Crippen molar-refractivity contribution in [2.24, 2.45) is 0 Å². The van der Waals surface area contributed by atoms with E-state index in [1.807, 2.05) is 36.4 Å². The molecule has 21 heavy (non-hydrogen) atoms. The van der Waals surface area contributed by atoms with Crippen LogP contribution in [0.2, 0.25) is 0 Å². The summed E-state index contributed by atoms with van der Waals surface area (Å²) in [6.07, 6.45) is 1.73. The molecule has 2 heterocycles. The first kappa shape index (κ1) is 13.9. The van der Waals surface area contributed by atoms with Crippen LogP contribution in [0.4, 0.5) is 0 Å². The SMILES string of the molecule is N#Cc1ccccc1CN1CCN(Cc2ccco2)CC1. The quantitative estimate of drug-likeness (QED) is 0.863. The van der Waals surface area contributed by atoms with Gasteiger partial charge in [-0.05, 0) is 23.8 Å². The van der Waals surface area contributed by atoms with Crippen LogP contribution in [-0.4, -0.2) is 36.0 Å². The zero-order valence-corrected chi connectivity index (χ0v) is 12.0. The van der Waals surface area contributed by atoms with Gasteiger partial charge in [-0.3, -0.25) is 9.80 Å². The van der Waals surface area contributed by atoms with Gasteiger partial charge in [-0.2, -0.15) is 5.26 Å². The van der Waals surface area contributed by atoms with E-state index in [1.54, 1.807) is 6.26 Å². The van der Waals surface area contributed by atoms with E-state index in [2.05, 4.69) is 15.9 Å². The van der Waals surface area contributed by atoms with E-state index in [0.29, 0.717) is 0 Å². The van der Waals surface area contributed by atoms with Gasteiger partial charge in [0, 0.05) is 32.7 Å². The second-order valence-electron chi connectivity index (χ2n) is 5.40. The third-order valence-corrected chi connectivity index (χ3v) is 3.96. The van der Waals surface area contributed by atoms with Crippen molar-refractivity contribution in [3.05, 3.63) is 59.5 Å². The van der Waals surface area contributed by atoms with Crippen molar-refractivity contribution in [2.45, 2.75) is 13.1 Å². The Morgan fingerprint density at radius 3 is 2.33 bits per heavy atom. The van der Waals surface area contributed by atoms with Crippen LogP contribution in [0.3, 0.4) is 0 Å². The lowest BCUT2D eigenvalue weighted by atomic mass is 10.1. The maximum atomic E-state index is 9.15. The summed E-state index contributed by atoms with van der Waals surface area (Å²) in [4.78, 5) is 4.82. The number of benzene rings is 1. The van der Waals surface area contributed by atoms with E-state index in [4.69, 9.17) is 9.68 Å². The number of rotatable bonds is 4. The largest absolute Gasteiger partial charge is 0.468 e. The zero-order chi connectivity index (χ0) is 14.5. The van der Waals surface area contributed by atoms with Crippen LogP contribution < -0.4 is 0 Å². The first-order valence-electron chi connectivity index (χ1n) is 7.30. The third kappa shape index (κ3) is 3.52. The summed E-state index contributed by atoms with van der Waals surface area (Å²) >= 11 is 0. The van der Waals surface area contributed by atoms with Crippen molar-refractivity contribution < 1.29 is 4.42 Å². The highest BCUT2D eigenvalue weighted by atomic mass is 16.3. The first-order chi connectivity index (χ1) is 10.3. The van der Waals surface area contributed by atoms with Crippen LogP contribution in [0.25, 0.3) is 0 Å². The predicted molar refractivity (Wildman–Crippen MR) is 80.4 cm³/mol. The van der Waals surface area contributed by atoms with Crippen molar-refractivity contribution in [3.63, 3.8) is 0 Å². The Morgan fingerprint density at radius 2 is 1.67 bits per heavy atom. The average molecular weight is 281 g/mol. The van der Waals surface area contributed by atoms with Crippen LogP contribution in [0.5, 0.6) is 0 Å². The Balaban J connectivity index is 1.53. The minimum atomic E-state index is 0.788. The third-order valence-electron chi connectivity index (χ3n) is 3.96. The Bertz CT molecular complexity index is 607. The standard InChI is InChI=1S/C17H19N3O/c18-12-15-4-1-2-5-16(15)13-19-7-9-20(10-8-19)14-17-6-3-11-21-17/h1-6,11H,7-10,13-14H2. The summed E-state index contributed by atoms with van der Waals surface area (Å²) in [6.45, 7) is 5.87. The number of piperazine rings is 1. The van der Waals surface area contributed by atoms with E-state index in [0.717, 1.165) is 56.2 Å². The highest BCUT2D eigenvalue weighted by molar-refractivity contribution is 5.37. The van der Waals surface area contributed by atoms with Gasteiger partial charge >= 0.3 is 0 Å². The summed E-state index contributed by atoms with van der Waals surface area (Å²) in [6, 6.07) is 14.1. The molecule has 4 heteroatoms. The zero-order valence-electron chi connectivity index (χ0n) is 12.0. The highest BCUT2D eigenvalue weighted by Crippen LogP contribution is 2.14. The van der Waals surface area contributed by atoms with Crippen LogP contribution in [-0.2, 0) is 13.1 Å². The number of hydrogen-bond donors (Lipinski definition) is 0. The fraction of sp³-hybridized carbons (Fsp3) is 0.353. The Kier molecular flexibility index (Phi) is 4.34. The van der Waals surface area contributed by atoms with E-state index >= 15 is 0 Å². The average Bonchev–Trinajstić information content (AvgIpc) is 3.03. The molecule has 0 aliphatic carbocycles. The van der Waals surface area contributed by atoms with Crippen LogP contribution in [0.1, 0.15) is 16.9 Å². The van der Waals surface area contributed by atoms with Gasteiger partial charge in [0.2, 0.25) is 0 Å². The number of furan rings is 1. The molecule has 0 N–H and O–H groups in total. The fourth-order valence-corrected chi connectivity index (χ4v) is 2.74. The van der Waals surface area contributed by atoms with Crippen LogP contribution in [0.15, 0.2) is 47.1 Å². The molecular formula is C17H19N3O. The Morgan fingerprint density at radius 1 is 0.952 bits per heavy atom. The van der Waals surface area contributed by atoms with Gasteiger partial charge < -0.3 is 4.42 Å². The monoisotopic (exact) mass is 281 g/mol. The van der Waals surface area contributed by atoms with Crippen LogP contribution >= 0.6 is 0 Å². The summed E-state index contributed by atoms with van der Waals surface area (Å²) < 4.78 is 5.40. The van der Waals surface area contributed by atoms with Crippen molar-refractivity contribution >= 4 is 0 Å². The van der Waals surface area contributed by atoms with Crippen molar-refractivity contribution in [1.29, 1.82) is 5.26 Å². The van der Waals surface area contributed by atoms with Crippen LogP contribution in [0, 0.1) is 11.3 Å². The van der Waals surface area contributed by atoms with E-state index in [9.17, 15) is 0 Å². The summed E-state index contributed by atoms with van der Waals surface area (Å²) in [5, 5.41) is 9.15. The molecule has 4 nitrogen and oxygen atoms in total. The molecule has 2 aromatic rings. The number of nitriles is 1. The molecule has 1 fully saturated rings. The van der Waals surface area contributed by atoms with Gasteiger partial charge in [0.05, 0.1) is 24.4 Å².